The molecule has 5 aliphatic rings. The van der Waals surface area contributed by atoms with Crippen LogP contribution >= 0.6 is 11.3 Å². The van der Waals surface area contributed by atoms with Crippen molar-refractivity contribution in [3.05, 3.63) is 65.4 Å². The number of likely N-dealkylation sites (tertiary alicyclic amines) is 2. The third-order valence-corrected chi connectivity index (χ3v) is 20.9. The van der Waals surface area contributed by atoms with E-state index in [0.717, 1.165) is 119 Å². The number of piperidine rings is 1. The lowest BCUT2D eigenvalue weighted by atomic mass is 9.82. The molecule has 2 saturated carbocycles. The van der Waals surface area contributed by atoms with Crippen LogP contribution in [0.25, 0.3) is 21.7 Å². The topological polar surface area (TPSA) is 467 Å². The molecule has 9 rings (SSSR count). The Bertz CT molecular complexity index is 3530. The van der Waals surface area contributed by atoms with E-state index in [2.05, 4.69) is 51.2 Å². The van der Waals surface area contributed by atoms with Gasteiger partial charge in [-0.3, -0.25) is 38.1 Å². The predicted molar refractivity (Wildman–Crippen MR) is 361 cm³/mol. The number of benzene rings is 2. The predicted octanol–water partition coefficient (Wildman–Crippen LogP) is -0.667. The number of hydrogen-bond donors (Lipinski definition) is 14. The van der Waals surface area contributed by atoms with Crippen LogP contribution in [0.1, 0.15) is 120 Å². The average molecular weight is 1440 g/mol. The number of amides is 7. The van der Waals surface area contributed by atoms with Gasteiger partial charge in [-0.25, -0.2) is 9.97 Å². The fourth-order valence-electron chi connectivity index (χ4n) is 13.6. The van der Waals surface area contributed by atoms with E-state index in [-0.39, 0.29) is 56.1 Å². The summed E-state index contributed by atoms with van der Waals surface area (Å²) >= 11 is 1.53. The van der Waals surface area contributed by atoms with E-state index in [0.29, 0.717) is 18.5 Å². The minimum atomic E-state index is -5.21. The molecule has 548 valence electrons. The van der Waals surface area contributed by atoms with E-state index in [1.54, 1.807) is 6.92 Å². The zero-order chi connectivity index (χ0) is 71.9. The van der Waals surface area contributed by atoms with Gasteiger partial charge in [0.1, 0.15) is 34.2 Å². The van der Waals surface area contributed by atoms with Crippen molar-refractivity contribution < 1.29 is 91.2 Å². The molecule has 14 N–H and O–H groups in total. The van der Waals surface area contributed by atoms with Crippen LogP contribution in [0.3, 0.4) is 0 Å². The smallest absolute Gasteiger partial charge is 0.446 e. The standard InChI is InChI=1S/C66H93N13O19S2/c1-36-32-78(34-53(36)87)64(92)58(52(86)27-55(88)67-3)74-61(91)57(51(85)23-39-11-18-50(84)54(24-39)98-100(94,95)96)73-60(90)49-26-45(83)33-79(49)65(93)56(37(2)81)72-59(89)48(25-44(82)31-68-35-80)69-28-38-9-12-41(13-10-38)62-75-76-63(99-62)42-16-14-40(15-17-42)43-29-70-66(71-30-43)77-21-19-47(20-22-77)97-46-7-5-4-6-8-46/h11,14-18,24,29-30,35-38,41,44-49,51-53,56-58,69,81-87H,4-10,12-13,19-23,25-28,31-34H2,1-3H3,(H,67,88)(H,68,80)(H,72,89)(H,73,90)(H,74,91)(H,94,95,96)/t36-,37+,38-,41-,44+,45+,48-,49-,51+,52+,53+,56-,57-,58-/m0/s1. The molecule has 2 aromatic heterocycles. The zero-order valence-electron chi connectivity index (χ0n) is 56.1. The number of nitrogens with zero attached hydrogens (tertiary/aromatic N) is 7. The Labute approximate surface area is 583 Å². The highest BCUT2D eigenvalue weighted by atomic mass is 32.3. The molecule has 0 spiro atoms. The molecule has 5 heterocycles. The van der Waals surface area contributed by atoms with E-state index in [1.165, 1.54) is 44.6 Å². The summed E-state index contributed by atoms with van der Waals surface area (Å²) in [4.78, 5) is 110. The second kappa shape index (κ2) is 35.3. The number of carbonyl (C=O) groups is 7. The third kappa shape index (κ3) is 20.8. The first kappa shape index (κ1) is 76.5. The summed E-state index contributed by atoms with van der Waals surface area (Å²) in [5.41, 5.74) is 2.70. The Morgan fingerprint density at radius 2 is 1.44 bits per heavy atom. The number of ether oxygens (including phenoxy) is 1. The van der Waals surface area contributed by atoms with E-state index < -0.39 is 156 Å². The highest BCUT2D eigenvalue weighted by molar-refractivity contribution is 7.81. The van der Waals surface area contributed by atoms with E-state index in [1.807, 2.05) is 36.7 Å². The molecular formula is C66H93N13O19S2. The minimum Gasteiger partial charge on any atom is -0.504 e. The molecule has 0 radical (unpaired) electrons. The van der Waals surface area contributed by atoms with Gasteiger partial charge in [0, 0.05) is 94.5 Å². The fourth-order valence-corrected chi connectivity index (χ4v) is 15.0. The van der Waals surface area contributed by atoms with Crippen LogP contribution in [0.15, 0.2) is 54.9 Å². The highest BCUT2D eigenvalue weighted by Gasteiger charge is 2.46. The van der Waals surface area contributed by atoms with Crippen molar-refractivity contribution >= 4 is 69.5 Å². The summed E-state index contributed by atoms with van der Waals surface area (Å²) in [6, 6.07) is 2.13. The number of aromatic hydroxyl groups is 1. The minimum absolute atomic E-state index is 0.0318. The van der Waals surface area contributed by atoms with E-state index >= 15 is 0 Å². The maximum Gasteiger partial charge on any atom is 0.446 e. The van der Waals surface area contributed by atoms with Crippen LogP contribution < -0.4 is 41.0 Å². The summed E-state index contributed by atoms with van der Waals surface area (Å²) in [5.74, 6) is -7.39. The zero-order valence-corrected chi connectivity index (χ0v) is 57.7. The maximum absolute atomic E-state index is 14.7. The number of aromatic nitrogens is 4. The molecule has 3 saturated heterocycles. The van der Waals surface area contributed by atoms with Gasteiger partial charge in [0.15, 0.2) is 11.5 Å². The van der Waals surface area contributed by atoms with Crippen LogP contribution in [0.5, 0.6) is 11.5 Å². The van der Waals surface area contributed by atoms with Crippen molar-refractivity contribution in [3.8, 4) is 33.2 Å². The molecule has 100 heavy (non-hydrogen) atoms. The van der Waals surface area contributed by atoms with Crippen molar-refractivity contribution in [1.82, 2.24) is 61.9 Å². The number of β-amino-alcohol motifs (C(OH)–C–C–N with tert-alkyl or cyclic N) is 2. The van der Waals surface area contributed by atoms with Crippen molar-refractivity contribution in [1.29, 1.82) is 0 Å². The summed E-state index contributed by atoms with van der Waals surface area (Å²) in [6.45, 7) is 3.76. The summed E-state index contributed by atoms with van der Waals surface area (Å²) in [7, 11) is -3.95. The van der Waals surface area contributed by atoms with Crippen molar-refractivity contribution in [2.24, 2.45) is 11.8 Å². The van der Waals surface area contributed by atoms with Gasteiger partial charge >= 0.3 is 10.4 Å². The number of aliphatic hydroxyl groups excluding tert-OH is 6. The first-order chi connectivity index (χ1) is 47.7. The van der Waals surface area contributed by atoms with Crippen molar-refractivity contribution in [2.75, 3.05) is 57.8 Å². The summed E-state index contributed by atoms with van der Waals surface area (Å²) < 4.78 is 43.4. The second-order valence-corrected chi connectivity index (χ2v) is 28.9. The van der Waals surface area contributed by atoms with Gasteiger partial charge in [-0.1, -0.05) is 67.9 Å². The van der Waals surface area contributed by atoms with Gasteiger partial charge < -0.3 is 91.3 Å². The number of rotatable bonds is 31. The van der Waals surface area contributed by atoms with Crippen LogP contribution in [0.2, 0.25) is 0 Å². The Hall–Kier alpha value is -7.64. The van der Waals surface area contributed by atoms with Crippen molar-refractivity contribution in [2.45, 2.75) is 195 Å². The first-order valence-electron chi connectivity index (χ1n) is 34.1. The molecule has 5 fully saturated rings. The van der Waals surface area contributed by atoms with Gasteiger partial charge in [0.05, 0.1) is 61.3 Å². The molecule has 2 aliphatic carbocycles. The highest BCUT2D eigenvalue weighted by Crippen LogP contribution is 2.39. The molecule has 0 unspecified atom stereocenters. The molecule has 12 atom stereocenters. The van der Waals surface area contributed by atoms with Crippen LogP contribution in [-0.2, 0) is 55.1 Å². The lowest BCUT2D eigenvalue weighted by Gasteiger charge is -2.34. The van der Waals surface area contributed by atoms with Crippen molar-refractivity contribution in [3.63, 3.8) is 0 Å². The Morgan fingerprint density at radius 3 is 2.08 bits per heavy atom. The number of nitrogens with one attached hydrogen (secondary N) is 6. The van der Waals surface area contributed by atoms with Gasteiger partial charge in [-0.2, -0.15) is 8.42 Å². The summed E-state index contributed by atoms with van der Waals surface area (Å²) in [5, 5.41) is 103. The lowest BCUT2D eigenvalue weighted by Crippen LogP contribution is -2.63. The van der Waals surface area contributed by atoms with E-state index in [4.69, 9.17) is 14.7 Å². The fraction of sp³-hybridized carbons (Fsp3) is 0.621. The third-order valence-electron chi connectivity index (χ3n) is 19.4. The van der Waals surface area contributed by atoms with Crippen LogP contribution in [-0.4, -0.2) is 252 Å². The average Bonchev–Trinajstić information content (AvgIpc) is 1.55. The SMILES string of the molecule is CNC(=O)C[C@@H](O)[C@H](NC(=O)[C@@H](NC(=O)[C@@H]1C[C@@H](O)CN1C(=O)[C@@H](NC(=O)[C@H](C[C@@H](O)CNC=O)NC[C@H]1CC[C@H](c2nnc(-c3ccc(-c4cnc(N5CCC(OC6CCCCC6)CC5)nc4)cc3)s2)CC1)[C@@H](C)O)[C@H](O)Cc1ccc(O)c(OS(=O)(=O)O)c1)C(=O)N1C[C@@H](O)[C@@H](C)C1. The molecule has 4 aromatic rings. The van der Waals surface area contributed by atoms with Gasteiger partial charge in [0.2, 0.25) is 47.8 Å². The number of phenols is 1. The number of anilines is 1. The molecule has 0 bridgehead atoms. The molecule has 2 aromatic carbocycles. The Balaban J connectivity index is 0.826. The number of aliphatic hydroxyl groups is 6. The van der Waals surface area contributed by atoms with Gasteiger partial charge in [-0.15, -0.1) is 10.2 Å². The molecule has 3 aliphatic heterocycles. The van der Waals surface area contributed by atoms with Crippen LogP contribution in [0, 0.1) is 11.8 Å². The quantitative estimate of drug-likeness (QED) is 0.0220. The first-order valence-corrected chi connectivity index (χ1v) is 36.3. The Kier molecular flexibility index (Phi) is 27.0. The number of hydrogen-bond acceptors (Lipinski definition) is 25. The van der Waals surface area contributed by atoms with Gasteiger partial charge in [0.25, 0.3) is 0 Å². The lowest BCUT2D eigenvalue weighted by molar-refractivity contribution is -0.145. The normalized spacial score (nSPS) is 23.2. The maximum atomic E-state index is 14.7. The van der Waals surface area contributed by atoms with Crippen LogP contribution in [0.4, 0.5) is 5.95 Å². The monoisotopic (exact) mass is 1440 g/mol. The second-order valence-electron chi connectivity index (χ2n) is 26.9. The molecular weight excluding hydrogens is 1340 g/mol. The number of carbonyl (C=O) groups excluding carboxylic acids is 7. The molecule has 32 nitrogen and oxygen atoms in total. The Morgan fingerprint density at radius 1 is 0.770 bits per heavy atom. The largest absolute Gasteiger partial charge is 0.504 e. The molecule has 34 heteroatoms. The summed E-state index contributed by atoms with van der Waals surface area (Å²) in [6.07, 6.45) is 4.18. The van der Waals surface area contributed by atoms with Gasteiger partial charge in [-0.05, 0) is 100 Å². The number of phenolic OH excluding ortho intramolecular Hbond substituents is 1. The molecule has 7 amide bonds. The van der Waals surface area contributed by atoms with E-state index in [9.17, 15) is 82.3 Å².